The van der Waals surface area contributed by atoms with Crippen LogP contribution in [0.25, 0.3) is 16.7 Å². The predicted octanol–water partition coefficient (Wildman–Crippen LogP) is 7.11. The number of allylic oxidation sites excluding steroid dienone is 2. The molecule has 0 fully saturated rings. The molecule has 156 valence electrons. The molecule has 0 radical (unpaired) electrons. The molecule has 0 aromatic heterocycles. The van der Waals surface area contributed by atoms with E-state index in [1.807, 2.05) is 18.2 Å². The lowest BCUT2D eigenvalue weighted by molar-refractivity contribution is 0.414. The summed E-state index contributed by atoms with van der Waals surface area (Å²) >= 11 is 0. The summed E-state index contributed by atoms with van der Waals surface area (Å²) in [6, 6.07) is 35.8. The molecule has 1 aliphatic rings. The van der Waals surface area contributed by atoms with Gasteiger partial charge in [0.1, 0.15) is 11.5 Å². The zero-order chi connectivity index (χ0) is 21.9. The highest BCUT2D eigenvalue weighted by atomic mass is 16.5. The molecule has 0 bridgehead atoms. The topological polar surface area (TPSA) is 18.5 Å². The molecule has 5 rings (SSSR count). The second-order valence-corrected chi connectivity index (χ2v) is 7.72. The number of ether oxygens (including phenoxy) is 2. The Morgan fingerprint density at radius 1 is 0.562 bits per heavy atom. The van der Waals surface area contributed by atoms with E-state index in [2.05, 4.69) is 91.0 Å². The second kappa shape index (κ2) is 8.60. The zero-order valence-corrected chi connectivity index (χ0v) is 18.2. The van der Waals surface area contributed by atoms with Crippen LogP contribution in [-0.4, -0.2) is 14.2 Å². The quantitative estimate of drug-likeness (QED) is 0.345. The second-order valence-electron chi connectivity index (χ2n) is 7.72. The first-order chi connectivity index (χ1) is 15.8. The summed E-state index contributed by atoms with van der Waals surface area (Å²) in [6.45, 7) is 0. The minimum atomic E-state index is 0.853. The largest absolute Gasteiger partial charge is 0.497 e. The van der Waals surface area contributed by atoms with Crippen molar-refractivity contribution >= 4 is 16.7 Å². The van der Waals surface area contributed by atoms with Gasteiger partial charge in [-0.1, -0.05) is 78.9 Å². The zero-order valence-electron chi connectivity index (χ0n) is 18.2. The van der Waals surface area contributed by atoms with Gasteiger partial charge in [0.15, 0.2) is 0 Å². The van der Waals surface area contributed by atoms with Crippen LogP contribution >= 0.6 is 0 Å². The van der Waals surface area contributed by atoms with Crippen LogP contribution in [0.4, 0.5) is 0 Å². The Labute approximate surface area is 189 Å². The van der Waals surface area contributed by atoms with E-state index in [4.69, 9.17) is 9.47 Å². The van der Waals surface area contributed by atoms with Crippen LogP contribution in [-0.2, 0) is 0 Å². The number of methoxy groups -OCH3 is 2. The van der Waals surface area contributed by atoms with Gasteiger partial charge < -0.3 is 9.47 Å². The van der Waals surface area contributed by atoms with Gasteiger partial charge in [-0.2, -0.15) is 0 Å². The van der Waals surface area contributed by atoms with Crippen molar-refractivity contribution in [1.29, 1.82) is 0 Å². The van der Waals surface area contributed by atoms with E-state index in [9.17, 15) is 0 Å². The van der Waals surface area contributed by atoms with Crippen molar-refractivity contribution in [3.05, 3.63) is 137 Å². The molecule has 32 heavy (non-hydrogen) atoms. The molecule has 0 spiro atoms. The van der Waals surface area contributed by atoms with Gasteiger partial charge in [-0.15, -0.1) is 0 Å². The predicted molar refractivity (Wildman–Crippen MR) is 132 cm³/mol. The number of benzene rings is 4. The van der Waals surface area contributed by atoms with Crippen LogP contribution in [0.3, 0.4) is 0 Å². The fraction of sp³-hybridized carbons (Fsp3) is 0.0667. The number of hydrogen-bond donors (Lipinski definition) is 0. The maximum Gasteiger partial charge on any atom is 0.119 e. The van der Waals surface area contributed by atoms with Crippen molar-refractivity contribution in [2.45, 2.75) is 0 Å². The molecule has 0 aliphatic heterocycles. The van der Waals surface area contributed by atoms with Gasteiger partial charge >= 0.3 is 0 Å². The highest BCUT2D eigenvalue weighted by Crippen LogP contribution is 2.45. The van der Waals surface area contributed by atoms with Gasteiger partial charge in [0.2, 0.25) is 0 Å². The summed E-state index contributed by atoms with van der Waals surface area (Å²) in [6.07, 6.45) is 2.31. The molecular formula is C30H24O2. The Bertz CT molecular complexity index is 1260. The molecule has 4 aromatic carbocycles. The summed E-state index contributed by atoms with van der Waals surface area (Å²) in [7, 11) is 3.41. The number of hydrogen-bond acceptors (Lipinski definition) is 2. The summed E-state index contributed by atoms with van der Waals surface area (Å²) in [5.74, 6) is 1.71. The maximum atomic E-state index is 5.59. The van der Waals surface area contributed by atoms with Crippen LogP contribution in [0.1, 0.15) is 27.8 Å². The van der Waals surface area contributed by atoms with Crippen LogP contribution < -0.4 is 9.47 Å². The van der Waals surface area contributed by atoms with Crippen molar-refractivity contribution < 1.29 is 9.47 Å². The Balaban J connectivity index is 1.80. The van der Waals surface area contributed by atoms with Gasteiger partial charge in [0, 0.05) is 0 Å². The molecule has 0 N–H and O–H groups in total. The average molecular weight is 417 g/mol. The minimum Gasteiger partial charge on any atom is -0.497 e. The highest BCUT2D eigenvalue weighted by molar-refractivity contribution is 6.12. The van der Waals surface area contributed by atoms with Crippen molar-refractivity contribution in [1.82, 2.24) is 0 Å². The Morgan fingerprint density at radius 2 is 1.12 bits per heavy atom. The van der Waals surface area contributed by atoms with Gasteiger partial charge in [-0.25, -0.2) is 0 Å². The summed E-state index contributed by atoms with van der Waals surface area (Å²) in [4.78, 5) is 0. The van der Waals surface area contributed by atoms with Crippen molar-refractivity contribution in [2.24, 2.45) is 0 Å². The molecule has 1 aliphatic carbocycles. The van der Waals surface area contributed by atoms with E-state index in [0.717, 1.165) is 17.1 Å². The Kier molecular flexibility index (Phi) is 5.35. The van der Waals surface area contributed by atoms with Crippen LogP contribution in [0.15, 0.2) is 109 Å². The van der Waals surface area contributed by atoms with Crippen molar-refractivity contribution in [2.75, 3.05) is 14.2 Å². The lowest BCUT2D eigenvalue weighted by Gasteiger charge is -2.14. The fourth-order valence-corrected chi connectivity index (χ4v) is 4.31. The first-order valence-electron chi connectivity index (χ1n) is 10.7. The Morgan fingerprint density at radius 3 is 1.69 bits per heavy atom. The summed E-state index contributed by atoms with van der Waals surface area (Å²) < 4.78 is 10.9. The van der Waals surface area contributed by atoms with Crippen LogP contribution in [0.5, 0.6) is 11.5 Å². The highest BCUT2D eigenvalue weighted by Gasteiger charge is 2.24. The van der Waals surface area contributed by atoms with Gasteiger partial charge in [0.25, 0.3) is 0 Å². The van der Waals surface area contributed by atoms with Crippen LogP contribution in [0, 0.1) is 0 Å². The smallest absolute Gasteiger partial charge is 0.119 e. The van der Waals surface area contributed by atoms with Gasteiger partial charge in [-0.05, 0) is 74.9 Å². The number of rotatable bonds is 5. The molecule has 0 unspecified atom stereocenters. The molecule has 0 atom stereocenters. The van der Waals surface area contributed by atoms with Crippen LogP contribution in [0.2, 0.25) is 0 Å². The molecule has 0 heterocycles. The maximum absolute atomic E-state index is 5.59. The molecule has 2 heteroatoms. The Hall–Kier alpha value is -4.04. The van der Waals surface area contributed by atoms with E-state index in [-0.39, 0.29) is 0 Å². The molecule has 0 saturated heterocycles. The summed E-state index contributed by atoms with van der Waals surface area (Å²) in [5, 5.41) is 0. The first-order valence-corrected chi connectivity index (χ1v) is 10.7. The van der Waals surface area contributed by atoms with E-state index in [1.54, 1.807) is 14.2 Å². The third-order valence-corrected chi connectivity index (χ3v) is 5.89. The molecule has 2 nitrogen and oxygen atoms in total. The van der Waals surface area contributed by atoms with E-state index in [1.165, 1.54) is 39.0 Å². The summed E-state index contributed by atoms with van der Waals surface area (Å²) in [5.41, 5.74) is 9.53. The lowest BCUT2D eigenvalue weighted by atomic mass is 9.90. The molecule has 0 amide bonds. The van der Waals surface area contributed by atoms with E-state index < -0.39 is 0 Å². The third kappa shape index (κ3) is 3.61. The SMILES string of the molecule is COc1ccc(C2=CC(=C(c3ccccc3)c3ccccc3)c3cc(OC)ccc32)cc1. The first kappa shape index (κ1) is 19.9. The lowest BCUT2D eigenvalue weighted by Crippen LogP contribution is -1.94. The van der Waals surface area contributed by atoms with Gasteiger partial charge in [0.05, 0.1) is 14.2 Å². The molecule has 4 aromatic rings. The molecular weight excluding hydrogens is 392 g/mol. The standard InChI is InChI=1S/C30H24O2/c1-31-24-15-13-21(14-16-24)27-20-29(28-19-25(32-2)17-18-26(27)28)30(22-9-5-3-6-10-22)23-11-7-4-8-12-23/h3-20H,1-2H3. The van der Waals surface area contributed by atoms with E-state index in [0.29, 0.717) is 0 Å². The normalized spacial score (nSPS) is 12.2. The molecule has 0 saturated carbocycles. The average Bonchev–Trinajstić information content (AvgIpc) is 3.24. The third-order valence-electron chi connectivity index (χ3n) is 5.89. The minimum absolute atomic E-state index is 0.853. The van der Waals surface area contributed by atoms with E-state index >= 15 is 0 Å². The fourth-order valence-electron chi connectivity index (χ4n) is 4.31. The number of fused-ring (bicyclic) bond motifs is 1. The van der Waals surface area contributed by atoms with Crippen molar-refractivity contribution in [3.8, 4) is 11.5 Å². The van der Waals surface area contributed by atoms with Crippen molar-refractivity contribution in [3.63, 3.8) is 0 Å². The van der Waals surface area contributed by atoms with Gasteiger partial charge in [-0.3, -0.25) is 0 Å². The monoisotopic (exact) mass is 416 g/mol.